The minimum absolute atomic E-state index is 0.172. The predicted molar refractivity (Wildman–Crippen MR) is 86.7 cm³/mol. The van der Waals surface area contributed by atoms with E-state index in [1.54, 1.807) is 6.07 Å². The van der Waals surface area contributed by atoms with Crippen LogP contribution in [0.1, 0.15) is 40.5 Å². The molecule has 2 aromatic heterocycles. The molecule has 0 aliphatic carbocycles. The molecule has 0 spiro atoms. The molecule has 1 fully saturated rings. The van der Waals surface area contributed by atoms with Gasteiger partial charge in [0.2, 0.25) is 5.78 Å². The molecule has 7 heteroatoms. The van der Waals surface area contributed by atoms with Crippen molar-refractivity contribution in [3.05, 3.63) is 35.3 Å². The van der Waals surface area contributed by atoms with Crippen molar-refractivity contribution >= 4 is 11.6 Å². The van der Waals surface area contributed by atoms with Crippen LogP contribution in [0.15, 0.2) is 18.3 Å². The van der Waals surface area contributed by atoms with Gasteiger partial charge in [-0.15, -0.1) is 0 Å². The number of nitrogen functional groups attached to an aromatic ring is 1. The molecule has 0 saturated carbocycles. The molecule has 0 bridgehead atoms. The maximum atomic E-state index is 12.6. The van der Waals surface area contributed by atoms with Gasteiger partial charge in [-0.1, -0.05) is 0 Å². The van der Waals surface area contributed by atoms with Gasteiger partial charge in [-0.05, 0) is 56.6 Å². The summed E-state index contributed by atoms with van der Waals surface area (Å²) in [5.41, 5.74) is 7.87. The van der Waals surface area contributed by atoms with E-state index in [-0.39, 0.29) is 17.5 Å². The van der Waals surface area contributed by atoms with Crippen molar-refractivity contribution < 1.29 is 9.53 Å². The summed E-state index contributed by atoms with van der Waals surface area (Å²) in [6, 6.07) is 3.60. The number of carbonyl (C=O) groups is 1. The number of ketones is 1. The number of likely N-dealkylation sites (tertiary alicyclic amines) is 1. The highest BCUT2D eigenvalue weighted by atomic mass is 16.5. The summed E-state index contributed by atoms with van der Waals surface area (Å²) in [5.74, 6) is 0.754. The normalized spacial score (nSPS) is 16.4. The molecule has 7 nitrogen and oxygen atoms in total. The number of ether oxygens (including phenoxy) is 1. The number of aromatic nitrogens is 3. The maximum Gasteiger partial charge on any atom is 0.316 e. The Morgan fingerprint density at radius 3 is 2.87 bits per heavy atom. The molecule has 0 unspecified atom stereocenters. The van der Waals surface area contributed by atoms with Crippen LogP contribution in [0, 0.1) is 0 Å². The van der Waals surface area contributed by atoms with Gasteiger partial charge < -0.3 is 20.4 Å². The van der Waals surface area contributed by atoms with Gasteiger partial charge in [-0.2, -0.15) is 4.98 Å². The quantitative estimate of drug-likeness (QED) is 0.829. The maximum absolute atomic E-state index is 12.6. The number of nitrogens with two attached hydrogens (primary N) is 1. The summed E-state index contributed by atoms with van der Waals surface area (Å²) in [4.78, 5) is 25.9. The molecule has 0 atom stereocenters. The first-order valence-electron chi connectivity index (χ1n) is 7.67. The fraction of sp³-hybridized carbons (Fsp3) is 0.438. The molecule has 1 aliphatic heterocycles. The molecule has 3 N–H and O–H groups in total. The van der Waals surface area contributed by atoms with Gasteiger partial charge in [-0.25, -0.2) is 4.98 Å². The number of methoxy groups -OCH3 is 1. The second-order valence-corrected chi connectivity index (χ2v) is 5.89. The van der Waals surface area contributed by atoms with Crippen LogP contribution >= 0.6 is 0 Å². The van der Waals surface area contributed by atoms with E-state index < -0.39 is 0 Å². The summed E-state index contributed by atoms with van der Waals surface area (Å²) >= 11 is 0. The first-order chi connectivity index (χ1) is 11.1. The number of hydrogen-bond donors (Lipinski definition) is 2. The minimum Gasteiger partial charge on any atom is -0.467 e. The molecular formula is C16H21N5O2. The Kier molecular flexibility index (Phi) is 4.29. The Morgan fingerprint density at radius 2 is 2.17 bits per heavy atom. The van der Waals surface area contributed by atoms with E-state index in [0.29, 0.717) is 17.4 Å². The SMILES string of the molecule is COc1nccc(C(=O)c2cc(C3CCN(C)CC3)c(N)[nH]2)n1. The molecule has 23 heavy (non-hydrogen) atoms. The largest absolute Gasteiger partial charge is 0.467 e. The summed E-state index contributed by atoms with van der Waals surface area (Å²) in [5, 5.41) is 0. The third-order valence-corrected chi connectivity index (χ3v) is 4.33. The first kappa shape index (κ1) is 15.5. The molecule has 0 aromatic carbocycles. The summed E-state index contributed by atoms with van der Waals surface area (Å²) in [6.07, 6.45) is 3.60. The van der Waals surface area contributed by atoms with E-state index in [1.807, 2.05) is 6.07 Å². The Labute approximate surface area is 134 Å². The van der Waals surface area contributed by atoms with Crippen LogP contribution in [0.25, 0.3) is 0 Å². The topological polar surface area (TPSA) is 97.1 Å². The lowest BCUT2D eigenvalue weighted by molar-refractivity contribution is 0.102. The van der Waals surface area contributed by atoms with E-state index in [1.165, 1.54) is 13.3 Å². The summed E-state index contributed by atoms with van der Waals surface area (Å²) < 4.78 is 4.96. The van der Waals surface area contributed by atoms with E-state index in [2.05, 4.69) is 26.9 Å². The molecule has 3 heterocycles. The molecule has 2 aromatic rings. The zero-order valence-electron chi connectivity index (χ0n) is 13.4. The first-order valence-corrected chi connectivity index (χ1v) is 7.67. The Balaban J connectivity index is 1.83. The monoisotopic (exact) mass is 315 g/mol. The third kappa shape index (κ3) is 3.19. The number of nitrogens with one attached hydrogen (secondary N) is 1. The van der Waals surface area contributed by atoms with Gasteiger partial charge in [0.1, 0.15) is 11.5 Å². The van der Waals surface area contributed by atoms with Gasteiger partial charge >= 0.3 is 6.01 Å². The number of hydrogen-bond acceptors (Lipinski definition) is 6. The Bertz CT molecular complexity index is 704. The van der Waals surface area contributed by atoms with Gasteiger partial charge in [0.25, 0.3) is 0 Å². The third-order valence-electron chi connectivity index (χ3n) is 4.33. The molecule has 122 valence electrons. The van der Waals surface area contributed by atoms with Crippen LogP contribution in [-0.2, 0) is 0 Å². The Morgan fingerprint density at radius 1 is 1.43 bits per heavy atom. The van der Waals surface area contributed by atoms with Crippen LogP contribution in [0.2, 0.25) is 0 Å². The Hall–Kier alpha value is -2.41. The molecule has 0 radical (unpaired) electrons. The second-order valence-electron chi connectivity index (χ2n) is 5.89. The van der Waals surface area contributed by atoms with E-state index in [4.69, 9.17) is 10.5 Å². The zero-order chi connectivity index (χ0) is 16.4. The predicted octanol–water partition coefficient (Wildman–Crippen LogP) is 1.44. The summed E-state index contributed by atoms with van der Waals surface area (Å²) in [7, 11) is 3.59. The number of rotatable bonds is 4. The lowest BCUT2D eigenvalue weighted by Gasteiger charge is -2.28. The smallest absolute Gasteiger partial charge is 0.316 e. The van der Waals surface area contributed by atoms with Crippen molar-refractivity contribution in [3.63, 3.8) is 0 Å². The molecule has 1 saturated heterocycles. The van der Waals surface area contributed by atoms with E-state index in [9.17, 15) is 4.79 Å². The fourth-order valence-corrected chi connectivity index (χ4v) is 2.97. The number of H-pyrrole nitrogens is 1. The highest BCUT2D eigenvalue weighted by Gasteiger charge is 2.24. The average molecular weight is 315 g/mol. The van der Waals surface area contributed by atoms with Crippen LogP contribution < -0.4 is 10.5 Å². The van der Waals surface area contributed by atoms with Gasteiger partial charge in [0.15, 0.2) is 0 Å². The minimum atomic E-state index is -0.212. The van der Waals surface area contributed by atoms with E-state index >= 15 is 0 Å². The summed E-state index contributed by atoms with van der Waals surface area (Å²) in [6.45, 7) is 2.09. The zero-order valence-corrected chi connectivity index (χ0v) is 13.4. The second kappa shape index (κ2) is 6.37. The number of carbonyl (C=O) groups excluding carboxylic acids is 1. The van der Waals surface area contributed by atoms with E-state index in [0.717, 1.165) is 31.5 Å². The lowest BCUT2D eigenvalue weighted by atomic mass is 9.90. The highest BCUT2D eigenvalue weighted by molar-refractivity contribution is 6.07. The van der Waals surface area contributed by atoms with Crippen molar-refractivity contribution in [1.29, 1.82) is 0 Å². The van der Waals surface area contributed by atoms with Crippen LogP contribution in [0.3, 0.4) is 0 Å². The van der Waals surface area contributed by atoms with Crippen LogP contribution in [-0.4, -0.2) is 52.9 Å². The molecular weight excluding hydrogens is 294 g/mol. The van der Waals surface area contributed by atoms with Crippen LogP contribution in [0.4, 0.5) is 5.82 Å². The van der Waals surface area contributed by atoms with Crippen molar-refractivity contribution in [3.8, 4) is 6.01 Å². The van der Waals surface area contributed by atoms with Gasteiger partial charge in [0, 0.05) is 6.20 Å². The fourth-order valence-electron chi connectivity index (χ4n) is 2.97. The average Bonchev–Trinajstić information content (AvgIpc) is 2.97. The van der Waals surface area contributed by atoms with Crippen molar-refractivity contribution in [2.75, 3.05) is 33.0 Å². The van der Waals surface area contributed by atoms with Crippen molar-refractivity contribution in [1.82, 2.24) is 19.9 Å². The number of anilines is 1. The van der Waals surface area contributed by atoms with Gasteiger partial charge in [0.05, 0.1) is 12.8 Å². The van der Waals surface area contributed by atoms with Crippen LogP contribution in [0.5, 0.6) is 6.01 Å². The molecule has 3 rings (SSSR count). The van der Waals surface area contributed by atoms with Crippen molar-refractivity contribution in [2.24, 2.45) is 0 Å². The standard InChI is InChI=1S/C16H21N5O2/c1-21-7-4-10(5-8-21)11-9-13(19-15(11)17)14(22)12-3-6-18-16(20-12)23-2/h3,6,9-10,19H,4-5,7-8,17H2,1-2H3. The number of nitrogens with zero attached hydrogens (tertiary/aromatic N) is 3. The highest BCUT2D eigenvalue weighted by Crippen LogP contribution is 2.32. The number of piperidine rings is 1. The molecule has 1 aliphatic rings. The van der Waals surface area contributed by atoms with Gasteiger partial charge in [-0.3, -0.25) is 4.79 Å². The molecule has 0 amide bonds. The number of aromatic amines is 1. The van der Waals surface area contributed by atoms with Crippen molar-refractivity contribution in [2.45, 2.75) is 18.8 Å². The lowest BCUT2D eigenvalue weighted by Crippen LogP contribution is -2.29.